The lowest BCUT2D eigenvalue weighted by Crippen LogP contribution is -2.58. The van der Waals surface area contributed by atoms with Gasteiger partial charge in [0.05, 0.1) is 0 Å². The number of hydrogen-bond acceptors (Lipinski definition) is 1. The Morgan fingerprint density at radius 2 is 1.83 bits per heavy atom. The maximum absolute atomic E-state index is 5.85. The van der Waals surface area contributed by atoms with Gasteiger partial charge in [-0.1, -0.05) is 34.6 Å². The molecule has 0 saturated heterocycles. The largest absolute Gasteiger partial charge is 0.330 e. The van der Waals surface area contributed by atoms with Crippen LogP contribution in [0.2, 0.25) is 0 Å². The molecule has 1 fully saturated rings. The molecule has 4 atom stereocenters. The Labute approximate surface area is 76.7 Å². The molecule has 0 aromatic carbocycles. The third-order valence-electron chi connectivity index (χ3n) is 4.31. The van der Waals surface area contributed by atoms with Crippen LogP contribution >= 0.6 is 0 Å². The first-order valence-corrected chi connectivity index (χ1v) is 5.15. The summed E-state index contributed by atoms with van der Waals surface area (Å²) in [5.41, 5.74) is 6.26. The minimum Gasteiger partial charge on any atom is -0.330 e. The molecule has 2 N–H and O–H groups in total. The van der Waals surface area contributed by atoms with E-state index in [1.165, 1.54) is 0 Å². The molecule has 0 aromatic rings. The third kappa shape index (κ3) is 1.10. The first-order chi connectivity index (χ1) is 5.45. The lowest BCUT2D eigenvalue weighted by Gasteiger charge is -2.60. The molecule has 0 radical (unpaired) electrons. The molecule has 1 nitrogen and oxygen atoms in total. The average molecular weight is 169 g/mol. The predicted molar refractivity (Wildman–Crippen MR) is 53.8 cm³/mol. The molecule has 0 heterocycles. The quantitative estimate of drug-likeness (QED) is 0.675. The van der Waals surface area contributed by atoms with E-state index < -0.39 is 0 Å². The zero-order chi connectivity index (χ0) is 9.52. The highest BCUT2D eigenvalue weighted by atomic mass is 14.7. The normalized spacial score (nSPS) is 47.8. The van der Waals surface area contributed by atoms with Gasteiger partial charge in [-0.2, -0.15) is 0 Å². The minimum atomic E-state index is 0.410. The Hall–Kier alpha value is -0.0400. The molecule has 1 aliphatic rings. The Kier molecular flexibility index (Phi) is 2.53. The molecule has 0 aromatic heterocycles. The summed E-state index contributed by atoms with van der Waals surface area (Å²) in [6.07, 6.45) is 0. The molecule has 72 valence electrons. The fraction of sp³-hybridized carbons (Fsp3) is 1.00. The molecule has 1 heteroatoms. The van der Waals surface area contributed by atoms with Gasteiger partial charge in [-0.3, -0.25) is 0 Å². The fourth-order valence-corrected chi connectivity index (χ4v) is 3.39. The summed E-state index contributed by atoms with van der Waals surface area (Å²) in [6, 6.07) is 0. The molecule has 0 spiro atoms. The molecule has 0 bridgehead atoms. The molecule has 0 aliphatic heterocycles. The SMILES string of the molecule is CC(C)C1C(C)C(C)C1(C)CN. The van der Waals surface area contributed by atoms with Gasteiger partial charge >= 0.3 is 0 Å². The average Bonchev–Trinajstić information content (AvgIpc) is 2.02. The van der Waals surface area contributed by atoms with Crippen LogP contribution in [0.5, 0.6) is 0 Å². The highest BCUT2D eigenvalue weighted by Gasteiger charge is 2.54. The van der Waals surface area contributed by atoms with Crippen molar-refractivity contribution in [1.82, 2.24) is 0 Å². The van der Waals surface area contributed by atoms with E-state index in [2.05, 4.69) is 34.6 Å². The molecule has 1 saturated carbocycles. The monoisotopic (exact) mass is 169 g/mol. The molecule has 0 amide bonds. The molecule has 1 rings (SSSR count). The van der Waals surface area contributed by atoms with Crippen LogP contribution < -0.4 is 5.73 Å². The maximum atomic E-state index is 5.85. The second-order valence-electron chi connectivity index (χ2n) is 5.13. The Bertz CT molecular complexity index is 164. The van der Waals surface area contributed by atoms with Gasteiger partial charge in [-0.25, -0.2) is 0 Å². The van der Waals surface area contributed by atoms with Crippen molar-refractivity contribution in [1.29, 1.82) is 0 Å². The van der Waals surface area contributed by atoms with Crippen LogP contribution in [0.15, 0.2) is 0 Å². The highest BCUT2D eigenvalue weighted by Crippen LogP contribution is 2.57. The van der Waals surface area contributed by atoms with Gasteiger partial charge < -0.3 is 5.73 Å². The van der Waals surface area contributed by atoms with Crippen molar-refractivity contribution < 1.29 is 0 Å². The summed E-state index contributed by atoms with van der Waals surface area (Å²) in [5, 5.41) is 0. The van der Waals surface area contributed by atoms with Crippen molar-refractivity contribution >= 4 is 0 Å². The highest BCUT2D eigenvalue weighted by molar-refractivity contribution is 5.03. The summed E-state index contributed by atoms with van der Waals surface area (Å²) in [5.74, 6) is 3.27. The third-order valence-corrected chi connectivity index (χ3v) is 4.31. The second-order valence-corrected chi connectivity index (χ2v) is 5.13. The van der Waals surface area contributed by atoms with Crippen LogP contribution in [0, 0.1) is 29.1 Å². The van der Waals surface area contributed by atoms with Crippen LogP contribution in [-0.4, -0.2) is 6.54 Å². The van der Waals surface area contributed by atoms with Crippen LogP contribution in [-0.2, 0) is 0 Å². The van der Waals surface area contributed by atoms with E-state index in [9.17, 15) is 0 Å². The van der Waals surface area contributed by atoms with Crippen LogP contribution in [0.4, 0.5) is 0 Å². The summed E-state index contributed by atoms with van der Waals surface area (Å²) in [6.45, 7) is 12.6. The van der Waals surface area contributed by atoms with Crippen molar-refractivity contribution in [2.75, 3.05) is 6.54 Å². The number of nitrogens with two attached hydrogens (primary N) is 1. The first-order valence-electron chi connectivity index (χ1n) is 5.15. The Morgan fingerprint density at radius 3 is 2.08 bits per heavy atom. The van der Waals surface area contributed by atoms with E-state index in [1.807, 2.05) is 0 Å². The summed E-state index contributed by atoms with van der Waals surface area (Å²) in [7, 11) is 0. The lowest BCUT2D eigenvalue weighted by atomic mass is 9.46. The van der Waals surface area contributed by atoms with Crippen molar-refractivity contribution in [2.45, 2.75) is 34.6 Å². The van der Waals surface area contributed by atoms with Crippen molar-refractivity contribution in [3.8, 4) is 0 Å². The second kappa shape index (κ2) is 3.02. The van der Waals surface area contributed by atoms with E-state index in [-0.39, 0.29) is 0 Å². The Balaban J connectivity index is 2.74. The molecule has 1 aliphatic carbocycles. The first kappa shape index (κ1) is 10.0. The van der Waals surface area contributed by atoms with Crippen LogP contribution in [0.1, 0.15) is 34.6 Å². The van der Waals surface area contributed by atoms with E-state index in [1.54, 1.807) is 0 Å². The summed E-state index contributed by atoms with van der Waals surface area (Å²) < 4.78 is 0. The summed E-state index contributed by atoms with van der Waals surface area (Å²) in [4.78, 5) is 0. The van der Waals surface area contributed by atoms with E-state index in [0.717, 1.165) is 30.2 Å². The molecule has 4 unspecified atom stereocenters. The topological polar surface area (TPSA) is 26.0 Å². The van der Waals surface area contributed by atoms with Gasteiger partial charge in [-0.15, -0.1) is 0 Å². The molecular weight excluding hydrogens is 146 g/mol. The zero-order valence-electron chi connectivity index (χ0n) is 9.09. The van der Waals surface area contributed by atoms with Gasteiger partial charge in [0.15, 0.2) is 0 Å². The van der Waals surface area contributed by atoms with Crippen molar-refractivity contribution in [3.05, 3.63) is 0 Å². The standard InChI is InChI=1S/C11H23N/c1-7(2)10-8(3)9(4)11(10,5)6-12/h7-10H,6,12H2,1-5H3. The Morgan fingerprint density at radius 1 is 1.33 bits per heavy atom. The smallest absolute Gasteiger partial charge is 0.00177 e. The van der Waals surface area contributed by atoms with Crippen molar-refractivity contribution in [3.63, 3.8) is 0 Å². The van der Waals surface area contributed by atoms with Gasteiger partial charge in [0.25, 0.3) is 0 Å². The number of rotatable bonds is 2. The predicted octanol–water partition coefficient (Wildman–Crippen LogP) is 2.51. The van der Waals surface area contributed by atoms with Crippen LogP contribution in [0.25, 0.3) is 0 Å². The van der Waals surface area contributed by atoms with E-state index in [0.29, 0.717) is 5.41 Å². The zero-order valence-corrected chi connectivity index (χ0v) is 9.09. The fourth-order valence-electron chi connectivity index (χ4n) is 3.39. The van der Waals surface area contributed by atoms with E-state index >= 15 is 0 Å². The van der Waals surface area contributed by atoms with Gasteiger partial charge in [0.2, 0.25) is 0 Å². The van der Waals surface area contributed by atoms with Crippen molar-refractivity contribution in [2.24, 2.45) is 34.8 Å². The minimum absolute atomic E-state index is 0.410. The van der Waals surface area contributed by atoms with Crippen LogP contribution in [0.3, 0.4) is 0 Å². The summed E-state index contributed by atoms with van der Waals surface area (Å²) >= 11 is 0. The van der Waals surface area contributed by atoms with Gasteiger partial charge in [0.1, 0.15) is 0 Å². The van der Waals surface area contributed by atoms with Gasteiger partial charge in [-0.05, 0) is 35.6 Å². The lowest BCUT2D eigenvalue weighted by molar-refractivity contribution is -0.109. The maximum Gasteiger partial charge on any atom is -0.00177 e. The molecule has 12 heavy (non-hydrogen) atoms. The number of hydrogen-bond donors (Lipinski definition) is 1. The van der Waals surface area contributed by atoms with E-state index in [4.69, 9.17) is 5.73 Å². The molecular formula is C11H23N. The van der Waals surface area contributed by atoms with Gasteiger partial charge in [0, 0.05) is 0 Å².